The molecule has 3 nitrogen and oxygen atoms in total. The molecule has 0 fully saturated rings. The molecule has 0 atom stereocenters. The number of halogens is 1. The van der Waals surface area contributed by atoms with Gasteiger partial charge in [0.2, 0.25) is 0 Å². The Bertz CT molecular complexity index is 544. The standard InChI is InChI=1S/C12H14BrN3/c1-12(2,3)11-15-9-6-7(13)4-5-8(9)10(14)16-11/h4-6H,1-3H3,(H2,14,15,16). The summed E-state index contributed by atoms with van der Waals surface area (Å²) in [6.45, 7) is 6.22. The summed E-state index contributed by atoms with van der Waals surface area (Å²) in [6.07, 6.45) is 0. The van der Waals surface area contributed by atoms with Crippen LogP contribution in [0, 0.1) is 0 Å². The molecule has 0 saturated heterocycles. The van der Waals surface area contributed by atoms with Crippen LogP contribution in [0.1, 0.15) is 26.6 Å². The van der Waals surface area contributed by atoms with Crippen molar-refractivity contribution in [1.29, 1.82) is 0 Å². The molecule has 0 unspecified atom stereocenters. The highest BCUT2D eigenvalue weighted by molar-refractivity contribution is 9.10. The van der Waals surface area contributed by atoms with Gasteiger partial charge in [0.1, 0.15) is 11.6 Å². The topological polar surface area (TPSA) is 51.8 Å². The molecule has 0 saturated carbocycles. The van der Waals surface area contributed by atoms with E-state index in [2.05, 4.69) is 46.7 Å². The third-order valence-electron chi connectivity index (χ3n) is 2.36. The quantitative estimate of drug-likeness (QED) is 0.805. The van der Waals surface area contributed by atoms with E-state index in [4.69, 9.17) is 5.73 Å². The van der Waals surface area contributed by atoms with Crippen molar-refractivity contribution >= 4 is 32.7 Å². The predicted molar refractivity (Wildman–Crippen MR) is 70.4 cm³/mol. The molecule has 0 amide bonds. The Morgan fingerprint density at radius 3 is 2.50 bits per heavy atom. The van der Waals surface area contributed by atoms with Gasteiger partial charge in [-0.1, -0.05) is 36.7 Å². The van der Waals surface area contributed by atoms with Crippen LogP contribution in [-0.4, -0.2) is 9.97 Å². The van der Waals surface area contributed by atoms with Crippen LogP contribution in [0.25, 0.3) is 10.9 Å². The smallest absolute Gasteiger partial charge is 0.136 e. The second-order valence-electron chi connectivity index (χ2n) is 4.84. The van der Waals surface area contributed by atoms with Gasteiger partial charge in [0.25, 0.3) is 0 Å². The summed E-state index contributed by atoms with van der Waals surface area (Å²) < 4.78 is 0.998. The van der Waals surface area contributed by atoms with E-state index in [1.165, 1.54) is 0 Å². The van der Waals surface area contributed by atoms with Crippen LogP contribution in [0.2, 0.25) is 0 Å². The molecule has 1 aromatic heterocycles. The number of fused-ring (bicyclic) bond motifs is 1. The van der Waals surface area contributed by atoms with Crippen molar-refractivity contribution in [2.75, 3.05) is 5.73 Å². The molecule has 0 radical (unpaired) electrons. The zero-order valence-electron chi connectivity index (χ0n) is 9.58. The van der Waals surface area contributed by atoms with Crippen LogP contribution in [0.5, 0.6) is 0 Å². The van der Waals surface area contributed by atoms with Crippen LogP contribution in [-0.2, 0) is 5.41 Å². The minimum atomic E-state index is -0.0926. The molecule has 0 aliphatic rings. The van der Waals surface area contributed by atoms with E-state index in [1.807, 2.05) is 18.2 Å². The lowest BCUT2D eigenvalue weighted by molar-refractivity contribution is 0.549. The second-order valence-corrected chi connectivity index (χ2v) is 5.76. The number of aromatic nitrogens is 2. The third kappa shape index (κ3) is 2.02. The Labute approximate surface area is 103 Å². The number of hydrogen-bond donors (Lipinski definition) is 1. The fraction of sp³-hybridized carbons (Fsp3) is 0.333. The highest BCUT2D eigenvalue weighted by Gasteiger charge is 2.18. The van der Waals surface area contributed by atoms with E-state index in [0.717, 1.165) is 21.2 Å². The lowest BCUT2D eigenvalue weighted by Crippen LogP contribution is -2.17. The molecule has 0 aliphatic heterocycles. The van der Waals surface area contributed by atoms with Crippen LogP contribution in [0.4, 0.5) is 5.82 Å². The molecule has 0 bridgehead atoms. The summed E-state index contributed by atoms with van der Waals surface area (Å²) in [6, 6.07) is 5.84. The van der Waals surface area contributed by atoms with E-state index in [-0.39, 0.29) is 5.41 Å². The van der Waals surface area contributed by atoms with Crippen molar-refractivity contribution < 1.29 is 0 Å². The van der Waals surface area contributed by atoms with Crippen LogP contribution >= 0.6 is 15.9 Å². The van der Waals surface area contributed by atoms with Crippen molar-refractivity contribution in [3.63, 3.8) is 0 Å². The molecule has 2 N–H and O–H groups in total. The first-order valence-corrected chi connectivity index (χ1v) is 5.90. The summed E-state index contributed by atoms with van der Waals surface area (Å²) >= 11 is 3.43. The molecule has 0 aliphatic carbocycles. The van der Waals surface area contributed by atoms with E-state index < -0.39 is 0 Å². The first-order valence-electron chi connectivity index (χ1n) is 5.11. The molecular weight excluding hydrogens is 266 g/mol. The number of anilines is 1. The van der Waals surface area contributed by atoms with Gasteiger partial charge in [-0.3, -0.25) is 0 Å². The number of rotatable bonds is 0. The Kier molecular flexibility index (Phi) is 2.62. The first-order chi connectivity index (χ1) is 7.38. The molecule has 2 aromatic rings. The van der Waals surface area contributed by atoms with Crippen molar-refractivity contribution in [1.82, 2.24) is 9.97 Å². The van der Waals surface area contributed by atoms with Crippen molar-refractivity contribution in [2.24, 2.45) is 0 Å². The monoisotopic (exact) mass is 279 g/mol. The van der Waals surface area contributed by atoms with Gasteiger partial charge in [0.15, 0.2) is 0 Å². The van der Waals surface area contributed by atoms with Gasteiger partial charge in [0.05, 0.1) is 5.52 Å². The first kappa shape index (κ1) is 11.3. The Hall–Kier alpha value is -1.16. The van der Waals surface area contributed by atoms with E-state index in [1.54, 1.807) is 0 Å². The molecule has 4 heteroatoms. The lowest BCUT2D eigenvalue weighted by atomic mass is 9.95. The van der Waals surface area contributed by atoms with Crippen LogP contribution < -0.4 is 5.73 Å². The minimum absolute atomic E-state index is 0.0926. The normalized spacial score (nSPS) is 12.0. The molecule has 1 aromatic carbocycles. The van der Waals surface area contributed by atoms with Gasteiger partial charge in [-0.05, 0) is 18.2 Å². The Morgan fingerprint density at radius 2 is 1.88 bits per heavy atom. The molecule has 0 spiro atoms. The van der Waals surface area contributed by atoms with Gasteiger partial charge in [-0.15, -0.1) is 0 Å². The van der Waals surface area contributed by atoms with Crippen molar-refractivity contribution in [2.45, 2.75) is 26.2 Å². The van der Waals surface area contributed by atoms with Gasteiger partial charge in [-0.25, -0.2) is 9.97 Å². The highest BCUT2D eigenvalue weighted by Crippen LogP contribution is 2.26. The Morgan fingerprint density at radius 1 is 1.19 bits per heavy atom. The van der Waals surface area contributed by atoms with E-state index in [9.17, 15) is 0 Å². The fourth-order valence-electron chi connectivity index (χ4n) is 1.46. The average Bonchev–Trinajstić information content (AvgIpc) is 2.15. The van der Waals surface area contributed by atoms with Crippen LogP contribution in [0.3, 0.4) is 0 Å². The zero-order valence-corrected chi connectivity index (χ0v) is 11.2. The van der Waals surface area contributed by atoms with E-state index in [0.29, 0.717) is 5.82 Å². The van der Waals surface area contributed by atoms with Crippen LogP contribution in [0.15, 0.2) is 22.7 Å². The summed E-state index contributed by atoms with van der Waals surface area (Å²) in [4.78, 5) is 8.90. The van der Waals surface area contributed by atoms with Crippen molar-refractivity contribution in [3.05, 3.63) is 28.5 Å². The number of nitrogens with zero attached hydrogens (tertiary/aromatic N) is 2. The summed E-state index contributed by atoms with van der Waals surface area (Å²) in [7, 11) is 0. The molecule has 2 rings (SSSR count). The predicted octanol–water partition coefficient (Wildman–Crippen LogP) is 3.27. The van der Waals surface area contributed by atoms with Gasteiger partial charge < -0.3 is 5.73 Å². The number of hydrogen-bond acceptors (Lipinski definition) is 3. The third-order valence-corrected chi connectivity index (χ3v) is 2.85. The van der Waals surface area contributed by atoms with Gasteiger partial charge in [0, 0.05) is 15.3 Å². The largest absolute Gasteiger partial charge is 0.383 e. The number of nitrogens with two attached hydrogens (primary N) is 1. The minimum Gasteiger partial charge on any atom is -0.383 e. The summed E-state index contributed by atoms with van der Waals surface area (Å²) in [5.74, 6) is 1.32. The maximum Gasteiger partial charge on any atom is 0.136 e. The summed E-state index contributed by atoms with van der Waals surface area (Å²) in [5.41, 5.74) is 6.73. The maximum absolute atomic E-state index is 5.94. The van der Waals surface area contributed by atoms with Gasteiger partial charge in [-0.2, -0.15) is 0 Å². The Balaban J connectivity index is 2.75. The number of nitrogen functional groups attached to an aromatic ring is 1. The van der Waals surface area contributed by atoms with E-state index >= 15 is 0 Å². The highest BCUT2D eigenvalue weighted by atomic mass is 79.9. The van der Waals surface area contributed by atoms with Crippen molar-refractivity contribution in [3.8, 4) is 0 Å². The molecule has 84 valence electrons. The summed E-state index contributed by atoms with van der Waals surface area (Å²) in [5, 5.41) is 0.899. The molecule has 1 heterocycles. The maximum atomic E-state index is 5.94. The average molecular weight is 280 g/mol. The lowest BCUT2D eigenvalue weighted by Gasteiger charge is -2.17. The fourth-order valence-corrected chi connectivity index (χ4v) is 1.81. The molecular formula is C12H14BrN3. The SMILES string of the molecule is CC(C)(C)c1nc(N)c2ccc(Br)cc2n1. The zero-order chi connectivity index (χ0) is 11.9. The molecule has 16 heavy (non-hydrogen) atoms. The second kappa shape index (κ2) is 3.70. The van der Waals surface area contributed by atoms with Gasteiger partial charge >= 0.3 is 0 Å². The number of benzene rings is 1.